The minimum Gasteiger partial charge on any atom is -0.433 e. The molecule has 0 aliphatic carbocycles. The quantitative estimate of drug-likeness (QED) is 0.739. The van der Waals surface area contributed by atoms with Gasteiger partial charge in [0.1, 0.15) is 5.75 Å². The summed E-state index contributed by atoms with van der Waals surface area (Å²) in [5.41, 5.74) is 0.214. The standard InChI is InChI=1S/C18H25F2N3O3/c1-2-9-21-17(25)13-7-10-23(11-8-13)12-16(24)22-14-5-3-4-6-15(14)26-18(19)20/h3-6,13,18H,2,7-12H2,1H3,(H,21,25)(H,22,24). The minimum absolute atomic E-state index is 0.0129. The van der Waals surface area contributed by atoms with E-state index in [1.807, 2.05) is 11.8 Å². The number of benzene rings is 1. The van der Waals surface area contributed by atoms with Gasteiger partial charge in [-0.3, -0.25) is 14.5 Å². The third-order valence-corrected chi connectivity index (χ3v) is 4.25. The molecule has 8 heteroatoms. The normalized spacial score (nSPS) is 15.7. The Morgan fingerprint density at radius 2 is 1.96 bits per heavy atom. The Labute approximate surface area is 151 Å². The molecule has 1 aliphatic rings. The summed E-state index contributed by atoms with van der Waals surface area (Å²) < 4.78 is 29.2. The Bertz CT molecular complexity index is 605. The molecule has 1 saturated heterocycles. The fourth-order valence-corrected chi connectivity index (χ4v) is 2.91. The van der Waals surface area contributed by atoms with Gasteiger partial charge in [0.2, 0.25) is 11.8 Å². The molecule has 0 unspecified atom stereocenters. The number of anilines is 1. The topological polar surface area (TPSA) is 70.7 Å². The molecule has 0 radical (unpaired) electrons. The van der Waals surface area contributed by atoms with Crippen molar-refractivity contribution in [2.75, 3.05) is 31.5 Å². The van der Waals surface area contributed by atoms with E-state index in [1.165, 1.54) is 12.1 Å². The van der Waals surface area contributed by atoms with Crippen molar-refractivity contribution in [3.8, 4) is 5.75 Å². The molecular formula is C18H25F2N3O3. The Balaban J connectivity index is 1.80. The average Bonchev–Trinajstić information content (AvgIpc) is 2.61. The first-order chi connectivity index (χ1) is 12.5. The number of amides is 2. The average molecular weight is 369 g/mol. The van der Waals surface area contributed by atoms with Crippen LogP contribution in [0.2, 0.25) is 0 Å². The zero-order valence-corrected chi connectivity index (χ0v) is 14.8. The molecule has 0 saturated carbocycles. The van der Waals surface area contributed by atoms with Crippen molar-refractivity contribution in [2.45, 2.75) is 32.8 Å². The fourth-order valence-electron chi connectivity index (χ4n) is 2.91. The van der Waals surface area contributed by atoms with Crippen LogP contribution in [0, 0.1) is 5.92 Å². The summed E-state index contributed by atoms with van der Waals surface area (Å²) in [5, 5.41) is 5.51. The summed E-state index contributed by atoms with van der Waals surface area (Å²) in [5.74, 6) is -0.304. The van der Waals surface area contributed by atoms with Crippen LogP contribution in [0.3, 0.4) is 0 Å². The van der Waals surface area contributed by atoms with E-state index in [9.17, 15) is 18.4 Å². The molecule has 144 valence electrons. The number of carbonyl (C=O) groups is 2. The summed E-state index contributed by atoms with van der Waals surface area (Å²) in [7, 11) is 0. The van der Waals surface area contributed by atoms with E-state index in [2.05, 4.69) is 15.4 Å². The van der Waals surface area contributed by atoms with E-state index >= 15 is 0 Å². The van der Waals surface area contributed by atoms with Crippen molar-refractivity contribution in [3.05, 3.63) is 24.3 Å². The number of ether oxygens (including phenoxy) is 1. The second kappa shape index (κ2) is 10.1. The van der Waals surface area contributed by atoms with Gasteiger partial charge in [-0.1, -0.05) is 19.1 Å². The van der Waals surface area contributed by atoms with Gasteiger partial charge in [0.15, 0.2) is 0 Å². The number of alkyl halides is 2. The highest BCUT2D eigenvalue weighted by Crippen LogP contribution is 2.25. The first kappa shape index (κ1) is 20.1. The number of piperidine rings is 1. The van der Waals surface area contributed by atoms with Crippen molar-refractivity contribution in [1.29, 1.82) is 0 Å². The Morgan fingerprint density at radius 3 is 2.62 bits per heavy atom. The second-order valence-corrected chi connectivity index (χ2v) is 6.26. The molecule has 2 N–H and O–H groups in total. The second-order valence-electron chi connectivity index (χ2n) is 6.26. The lowest BCUT2D eigenvalue weighted by Gasteiger charge is -2.30. The number of hydrogen-bond donors (Lipinski definition) is 2. The third-order valence-electron chi connectivity index (χ3n) is 4.25. The van der Waals surface area contributed by atoms with E-state index in [-0.39, 0.29) is 35.7 Å². The number of hydrogen-bond acceptors (Lipinski definition) is 4. The molecule has 1 heterocycles. The van der Waals surface area contributed by atoms with Crippen molar-refractivity contribution in [2.24, 2.45) is 5.92 Å². The van der Waals surface area contributed by atoms with Gasteiger partial charge in [0.05, 0.1) is 12.2 Å². The van der Waals surface area contributed by atoms with Crippen LogP contribution < -0.4 is 15.4 Å². The monoisotopic (exact) mass is 369 g/mol. The first-order valence-corrected chi connectivity index (χ1v) is 8.83. The summed E-state index contributed by atoms with van der Waals surface area (Å²) in [6.45, 7) is 1.17. The summed E-state index contributed by atoms with van der Waals surface area (Å²) in [4.78, 5) is 26.1. The number of para-hydroxylation sites is 2. The maximum absolute atomic E-state index is 12.4. The predicted molar refractivity (Wildman–Crippen MR) is 94.2 cm³/mol. The van der Waals surface area contributed by atoms with E-state index in [1.54, 1.807) is 12.1 Å². The molecule has 0 aromatic heterocycles. The molecule has 1 aromatic rings. The van der Waals surface area contributed by atoms with Crippen LogP contribution >= 0.6 is 0 Å². The van der Waals surface area contributed by atoms with E-state index in [0.717, 1.165) is 6.42 Å². The summed E-state index contributed by atoms with van der Waals surface area (Å²) in [6, 6.07) is 6.08. The van der Waals surface area contributed by atoms with Crippen LogP contribution in [0.15, 0.2) is 24.3 Å². The third kappa shape index (κ3) is 6.25. The van der Waals surface area contributed by atoms with Gasteiger partial charge >= 0.3 is 6.61 Å². The molecule has 2 amide bonds. The minimum atomic E-state index is -2.95. The number of rotatable bonds is 8. The van der Waals surface area contributed by atoms with Crippen molar-refractivity contribution < 1.29 is 23.1 Å². The number of nitrogens with zero attached hydrogens (tertiary/aromatic N) is 1. The SMILES string of the molecule is CCCNC(=O)C1CCN(CC(=O)Nc2ccccc2OC(F)F)CC1. The van der Waals surface area contributed by atoms with E-state index in [4.69, 9.17) is 0 Å². The van der Waals surface area contributed by atoms with Crippen LogP contribution in [-0.4, -0.2) is 49.5 Å². The molecule has 6 nitrogen and oxygen atoms in total. The molecule has 26 heavy (non-hydrogen) atoms. The van der Waals surface area contributed by atoms with Crippen LogP contribution in [0.1, 0.15) is 26.2 Å². The molecule has 0 atom stereocenters. The van der Waals surface area contributed by atoms with Crippen molar-refractivity contribution >= 4 is 17.5 Å². The maximum atomic E-state index is 12.4. The predicted octanol–water partition coefficient (Wildman–Crippen LogP) is 2.46. The van der Waals surface area contributed by atoms with Crippen molar-refractivity contribution in [3.63, 3.8) is 0 Å². The highest BCUT2D eigenvalue weighted by molar-refractivity contribution is 5.93. The van der Waals surface area contributed by atoms with Crippen LogP contribution in [0.5, 0.6) is 5.75 Å². The fraction of sp³-hybridized carbons (Fsp3) is 0.556. The lowest BCUT2D eigenvalue weighted by atomic mass is 9.96. The van der Waals surface area contributed by atoms with Crippen LogP contribution in [0.4, 0.5) is 14.5 Å². The number of carbonyl (C=O) groups excluding carboxylic acids is 2. The Hall–Kier alpha value is -2.22. The van der Waals surface area contributed by atoms with Crippen molar-refractivity contribution in [1.82, 2.24) is 10.2 Å². The molecule has 2 rings (SSSR count). The molecule has 1 fully saturated rings. The zero-order valence-electron chi connectivity index (χ0n) is 14.8. The molecule has 0 spiro atoms. The molecule has 1 aliphatic heterocycles. The lowest BCUT2D eigenvalue weighted by Crippen LogP contribution is -2.43. The number of nitrogens with one attached hydrogen (secondary N) is 2. The van der Waals surface area contributed by atoms with Gasteiger partial charge in [-0.25, -0.2) is 0 Å². The summed E-state index contributed by atoms with van der Waals surface area (Å²) >= 11 is 0. The molecule has 0 bridgehead atoms. The van der Waals surface area contributed by atoms with Gasteiger partial charge in [-0.05, 0) is 44.5 Å². The smallest absolute Gasteiger partial charge is 0.387 e. The van der Waals surface area contributed by atoms with Gasteiger partial charge in [0, 0.05) is 12.5 Å². The van der Waals surface area contributed by atoms with Crippen LogP contribution in [0.25, 0.3) is 0 Å². The van der Waals surface area contributed by atoms with Gasteiger partial charge < -0.3 is 15.4 Å². The maximum Gasteiger partial charge on any atom is 0.387 e. The Morgan fingerprint density at radius 1 is 1.27 bits per heavy atom. The molecular weight excluding hydrogens is 344 g/mol. The highest BCUT2D eigenvalue weighted by atomic mass is 19.3. The van der Waals surface area contributed by atoms with Gasteiger partial charge in [-0.2, -0.15) is 8.78 Å². The van der Waals surface area contributed by atoms with Gasteiger partial charge in [-0.15, -0.1) is 0 Å². The summed E-state index contributed by atoms with van der Waals surface area (Å²) in [6.07, 6.45) is 2.31. The van der Waals surface area contributed by atoms with E-state index < -0.39 is 6.61 Å². The zero-order chi connectivity index (χ0) is 18.9. The molecule has 1 aromatic carbocycles. The van der Waals surface area contributed by atoms with Crippen LogP contribution in [-0.2, 0) is 9.59 Å². The highest BCUT2D eigenvalue weighted by Gasteiger charge is 2.25. The lowest BCUT2D eigenvalue weighted by molar-refractivity contribution is -0.126. The number of likely N-dealkylation sites (tertiary alicyclic amines) is 1. The largest absolute Gasteiger partial charge is 0.433 e. The Kier molecular flexibility index (Phi) is 7.77. The number of halogens is 2. The first-order valence-electron chi connectivity index (χ1n) is 8.83. The van der Waals surface area contributed by atoms with Gasteiger partial charge in [0.25, 0.3) is 0 Å². The van der Waals surface area contributed by atoms with E-state index in [0.29, 0.717) is 32.5 Å².